The van der Waals surface area contributed by atoms with Crippen LogP contribution in [-0.4, -0.2) is 47.1 Å². The van der Waals surface area contributed by atoms with Crippen LogP contribution >= 0.6 is 0 Å². The van der Waals surface area contributed by atoms with Gasteiger partial charge in [-0.2, -0.15) is 0 Å². The number of aromatic nitrogens is 2. The molecule has 1 aliphatic heterocycles. The monoisotopic (exact) mass is 276 g/mol. The van der Waals surface area contributed by atoms with Crippen LogP contribution in [0.4, 0.5) is 11.6 Å². The average Bonchev–Trinajstić information content (AvgIpc) is 3.25. The second-order valence-electron chi connectivity index (χ2n) is 6.54. The van der Waals surface area contributed by atoms with Crippen LogP contribution in [0.15, 0.2) is 6.07 Å². The van der Waals surface area contributed by atoms with Crippen molar-refractivity contribution >= 4 is 11.6 Å². The Kier molecular flexibility index (Phi) is 3.30. The van der Waals surface area contributed by atoms with Crippen molar-refractivity contribution in [3.05, 3.63) is 11.9 Å². The minimum absolute atomic E-state index is 0.152. The summed E-state index contributed by atoms with van der Waals surface area (Å²) in [6, 6.07) is 1.95. The van der Waals surface area contributed by atoms with E-state index in [0.717, 1.165) is 31.3 Å². The lowest BCUT2D eigenvalue weighted by atomic mass is 10.00. The number of hydrogen-bond donors (Lipinski definition) is 2. The number of anilines is 2. The summed E-state index contributed by atoms with van der Waals surface area (Å²) in [7, 11) is 2.18. The van der Waals surface area contributed by atoms with Gasteiger partial charge in [-0.3, -0.25) is 4.90 Å². The molecule has 1 aliphatic carbocycles. The summed E-state index contributed by atoms with van der Waals surface area (Å²) in [4.78, 5) is 14.0. The number of hydrazine groups is 1. The summed E-state index contributed by atoms with van der Waals surface area (Å²) in [6.07, 6.45) is 2.39. The zero-order valence-corrected chi connectivity index (χ0v) is 12.6. The van der Waals surface area contributed by atoms with E-state index >= 15 is 0 Å². The number of piperazine rings is 1. The van der Waals surface area contributed by atoms with E-state index in [1.165, 1.54) is 12.8 Å². The quantitative estimate of drug-likeness (QED) is 0.638. The molecule has 1 saturated carbocycles. The van der Waals surface area contributed by atoms with E-state index < -0.39 is 0 Å². The Balaban J connectivity index is 1.87. The molecule has 1 saturated heterocycles. The van der Waals surface area contributed by atoms with Gasteiger partial charge in [0.1, 0.15) is 17.5 Å². The highest BCUT2D eigenvalue weighted by Gasteiger charge is 2.33. The van der Waals surface area contributed by atoms with Crippen LogP contribution in [0.5, 0.6) is 0 Å². The molecule has 0 atom stereocenters. The Morgan fingerprint density at radius 2 is 2.05 bits per heavy atom. The summed E-state index contributed by atoms with van der Waals surface area (Å²) in [5.41, 5.74) is 2.82. The number of likely N-dealkylation sites (N-methyl/N-ethyl adjacent to an activating group) is 1. The minimum Gasteiger partial charge on any atom is -0.353 e. The standard InChI is InChI=1S/C14H24N6/c1-14(2)9-20(7-6-19(14)3)12-8-11(18-15)16-13(17-12)10-4-5-10/h8,10H,4-7,9,15H2,1-3H3,(H,16,17,18). The van der Waals surface area contributed by atoms with Gasteiger partial charge in [-0.1, -0.05) is 0 Å². The van der Waals surface area contributed by atoms with E-state index in [0.29, 0.717) is 11.7 Å². The van der Waals surface area contributed by atoms with Crippen molar-refractivity contribution < 1.29 is 0 Å². The number of nitrogens with zero attached hydrogens (tertiary/aromatic N) is 4. The topological polar surface area (TPSA) is 70.3 Å². The Labute approximate surface area is 120 Å². The number of hydrogen-bond acceptors (Lipinski definition) is 6. The minimum atomic E-state index is 0.152. The maximum Gasteiger partial charge on any atom is 0.145 e. The highest BCUT2D eigenvalue weighted by atomic mass is 15.3. The van der Waals surface area contributed by atoms with Crippen LogP contribution in [0.3, 0.4) is 0 Å². The molecule has 0 spiro atoms. The molecule has 2 aliphatic rings. The van der Waals surface area contributed by atoms with Crippen molar-refractivity contribution in [3.8, 4) is 0 Å². The summed E-state index contributed by atoms with van der Waals surface area (Å²) in [6.45, 7) is 7.54. The SMILES string of the molecule is CN1CCN(c2cc(NN)nc(C3CC3)n2)CC1(C)C. The molecule has 2 fully saturated rings. The first-order valence-electron chi connectivity index (χ1n) is 7.31. The first-order chi connectivity index (χ1) is 9.49. The molecule has 20 heavy (non-hydrogen) atoms. The number of nitrogens with one attached hydrogen (secondary N) is 1. The summed E-state index contributed by atoms with van der Waals surface area (Å²) < 4.78 is 0. The average molecular weight is 276 g/mol. The van der Waals surface area contributed by atoms with Gasteiger partial charge in [0.2, 0.25) is 0 Å². The van der Waals surface area contributed by atoms with E-state index in [-0.39, 0.29) is 5.54 Å². The van der Waals surface area contributed by atoms with Crippen molar-refractivity contribution in [3.63, 3.8) is 0 Å². The van der Waals surface area contributed by atoms with Gasteiger partial charge in [0.15, 0.2) is 0 Å². The predicted octanol–water partition coefficient (Wildman–Crippen LogP) is 1.17. The Bertz CT molecular complexity index is 496. The van der Waals surface area contributed by atoms with Crippen molar-refractivity contribution in [2.24, 2.45) is 5.84 Å². The largest absolute Gasteiger partial charge is 0.353 e. The molecule has 1 aromatic heterocycles. The van der Waals surface area contributed by atoms with Gasteiger partial charge in [-0.15, -0.1) is 0 Å². The lowest BCUT2D eigenvalue weighted by molar-refractivity contribution is 0.138. The highest BCUT2D eigenvalue weighted by molar-refractivity contribution is 5.50. The normalized spacial score (nSPS) is 22.9. The molecule has 0 amide bonds. The molecule has 2 heterocycles. The fourth-order valence-corrected chi connectivity index (χ4v) is 2.65. The maximum absolute atomic E-state index is 5.55. The smallest absolute Gasteiger partial charge is 0.145 e. The third kappa shape index (κ3) is 2.58. The fourth-order valence-electron chi connectivity index (χ4n) is 2.65. The fraction of sp³-hybridized carbons (Fsp3) is 0.714. The Hall–Kier alpha value is -1.40. The lowest BCUT2D eigenvalue weighted by Gasteiger charge is -2.45. The Morgan fingerprint density at radius 1 is 1.30 bits per heavy atom. The van der Waals surface area contributed by atoms with Gasteiger partial charge in [-0.25, -0.2) is 15.8 Å². The van der Waals surface area contributed by atoms with E-state index in [2.05, 4.69) is 41.1 Å². The van der Waals surface area contributed by atoms with Gasteiger partial charge in [0, 0.05) is 37.2 Å². The molecule has 110 valence electrons. The highest BCUT2D eigenvalue weighted by Crippen LogP contribution is 2.39. The molecule has 3 rings (SSSR count). The Morgan fingerprint density at radius 3 is 2.65 bits per heavy atom. The first-order valence-corrected chi connectivity index (χ1v) is 7.31. The molecular formula is C14H24N6. The van der Waals surface area contributed by atoms with Crippen molar-refractivity contribution in [2.75, 3.05) is 37.0 Å². The van der Waals surface area contributed by atoms with Crippen LogP contribution in [0.25, 0.3) is 0 Å². The van der Waals surface area contributed by atoms with Gasteiger partial charge in [0.05, 0.1) is 0 Å². The molecular weight excluding hydrogens is 252 g/mol. The molecule has 3 N–H and O–H groups in total. The zero-order valence-electron chi connectivity index (χ0n) is 12.6. The molecule has 0 bridgehead atoms. The molecule has 6 heteroatoms. The molecule has 0 unspecified atom stereocenters. The predicted molar refractivity (Wildman–Crippen MR) is 80.7 cm³/mol. The molecule has 0 radical (unpaired) electrons. The van der Waals surface area contributed by atoms with Crippen molar-refractivity contribution in [1.82, 2.24) is 14.9 Å². The molecule has 6 nitrogen and oxygen atoms in total. The maximum atomic E-state index is 5.55. The molecule has 0 aromatic carbocycles. The van der Waals surface area contributed by atoms with E-state index in [1.807, 2.05) is 6.07 Å². The van der Waals surface area contributed by atoms with Crippen LogP contribution < -0.4 is 16.2 Å². The third-order valence-corrected chi connectivity index (χ3v) is 4.46. The first kappa shape index (κ1) is 13.6. The van der Waals surface area contributed by atoms with Crippen LogP contribution in [0.1, 0.15) is 38.4 Å². The number of nitrogens with two attached hydrogens (primary N) is 1. The van der Waals surface area contributed by atoms with E-state index in [4.69, 9.17) is 10.8 Å². The van der Waals surface area contributed by atoms with Gasteiger partial charge in [-0.05, 0) is 33.7 Å². The summed E-state index contributed by atoms with van der Waals surface area (Å²) in [5.74, 6) is 8.73. The van der Waals surface area contributed by atoms with Gasteiger partial charge in [0.25, 0.3) is 0 Å². The second-order valence-corrected chi connectivity index (χ2v) is 6.54. The molecule has 1 aromatic rings. The van der Waals surface area contributed by atoms with Crippen molar-refractivity contribution in [2.45, 2.75) is 38.1 Å². The zero-order chi connectivity index (χ0) is 14.3. The van der Waals surface area contributed by atoms with E-state index in [9.17, 15) is 0 Å². The van der Waals surface area contributed by atoms with Gasteiger partial charge >= 0.3 is 0 Å². The summed E-state index contributed by atoms with van der Waals surface area (Å²) >= 11 is 0. The summed E-state index contributed by atoms with van der Waals surface area (Å²) in [5, 5.41) is 0. The van der Waals surface area contributed by atoms with Crippen molar-refractivity contribution in [1.29, 1.82) is 0 Å². The van der Waals surface area contributed by atoms with Crippen LogP contribution in [0.2, 0.25) is 0 Å². The van der Waals surface area contributed by atoms with Gasteiger partial charge < -0.3 is 10.3 Å². The number of nitrogen functional groups attached to an aromatic ring is 1. The lowest BCUT2D eigenvalue weighted by Crippen LogP contribution is -2.57. The van der Waals surface area contributed by atoms with E-state index in [1.54, 1.807) is 0 Å². The van der Waals surface area contributed by atoms with Crippen LogP contribution in [-0.2, 0) is 0 Å². The second kappa shape index (κ2) is 4.86. The van der Waals surface area contributed by atoms with Crippen LogP contribution in [0, 0.1) is 0 Å². The number of rotatable bonds is 3. The third-order valence-electron chi connectivity index (χ3n) is 4.46.